The van der Waals surface area contributed by atoms with Crippen LogP contribution in [0, 0.1) is 13.8 Å². The summed E-state index contributed by atoms with van der Waals surface area (Å²) in [4.78, 5) is 12.3. The van der Waals surface area contributed by atoms with Gasteiger partial charge in [0.1, 0.15) is 0 Å². The Morgan fingerprint density at radius 1 is 1.12 bits per heavy atom. The van der Waals surface area contributed by atoms with Gasteiger partial charge in [-0.2, -0.15) is 0 Å². The Morgan fingerprint density at radius 2 is 1.76 bits per heavy atom. The van der Waals surface area contributed by atoms with Crippen molar-refractivity contribution < 1.29 is 13.2 Å². The first kappa shape index (κ1) is 19.5. The molecule has 1 amide bonds. The first-order valence-corrected chi connectivity index (χ1v) is 10.1. The molecule has 1 N–H and O–H groups in total. The Balaban J connectivity index is 1.98. The number of sulfone groups is 1. The van der Waals surface area contributed by atoms with E-state index in [2.05, 4.69) is 5.32 Å². The van der Waals surface area contributed by atoms with Crippen molar-refractivity contribution in [3.05, 3.63) is 64.2 Å². The second-order valence-electron chi connectivity index (χ2n) is 6.17. The number of nitrogens with one attached hydrogen (secondary N) is 1. The lowest BCUT2D eigenvalue weighted by Gasteiger charge is -2.17. The van der Waals surface area contributed by atoms with Crippen molar-refractivity contribution in [3.8, 4) is 0 Å². The summed E-state index contributed by atoms with van der Waals surface area (Å²) in [6, 6.07) is 11.8. The summed E-state index contributed by atoms with van der Waals surface area (Å²) in [6.07, 6.45) is -0.0832. The summed E-state index contributed by atoms with van der Waals surface area (Å²) in [5, 5.41) is 3.34. The van der Waals surface area contributed by atoms with Crippen LogP contribution in [0.2, 0.25) is 5.02 Å². The molecular weight excluding hydrogens is 358 g/mol. The molecule has 0 aliphatic heterocycles. The number of amides is 1. The molecule has 0 aliphatic carbocycles. The Bertz CT molecular complexity index is 861. The number of rotatable bonds is 6. The van der Waals surface area contributed by atoms with Gasteiger partial charge in [-0.1, -0.05) is 35.4 Å². The maximum atomic E-state index is 12.3. The van der Waals surface area contributed by atoms with Gasteiger partial charge in [-0.3, -0.25) is 4.79 Å². The molecule has 0 saturated carbocycles. The third kappa shape index (κ3) is 5.31. The summed E-state index contributed by atoms with van der Waals surface area (Å²) < 4.78 is 24.6. The van der Waals surface area contributed by atoms with Crippen LogP contribution in [0.25, 0.3) is 0 Å². The van der Waals surface area contributed by atoms with Gasteiger partial charge >= 0.3 is 0 Å². The van der Waals surface area contributed by atoms with E-state index in [1.807, 2.05) is 39.0 Å². The van der Waals surface area contributed by atoms with E-state index in [4.69, 9.17) is 11.6 Å². The molecule has 0 fully saturated rings. The molecule has 6 heteroatoms. The molecule has 0 saturated heterocycles. The number of carbonyl (C=O) groups excluding carboxylic acids is 1. The fraction of sp³-hybridized carbons (Fsp3) is 0.316. The van der Waals surface area contributed by atoms with Gasteiger partial charge < -0.3 is 5.32 Å². The molecule has 0 aromatic heterocycles. The molecule has 4 nitrogen and oxygen atoms in total. The SMILES string of the molecule is Cc1ccc(C)c(C(C)NC(=O)CCS(=O)(=O)c2ccc(Cl)cc2)c1. The summed E-state index contributed by atoms with van der Waals surface area (Å²) in [6.45, 7) is 5.88. The van der Waals surface area contributed by atoms with Crippen molar-refractivity contribution in [2.24, 2.45) is 0 Å². The molecule has 2 aromatic carbocycles. The zero-order valence-corrected chi connectivity index (χ0v) is 16.1. The predicted molar refractivity (Wildman–Crippen MR) is 101 cm³/mol. The highest BCUT2D eigenvalue weighted by atomic mass is 35.5. The van der Waals surface area contributed by atoms with Gasteiger partial charge in [0.2, 0.25) is 5.91 Å². The second kappa shape index (κ2) is 8.02. The van der Waals surface area contributed by atoms with E-state index in [1.54, 1.807) is 0 Å². The Kier molecular flexibility index (Phi) is 6.25. The number of halogens is 1. The van der Waals surface area contributed by atoms with E-state index in [0.29, 0.717) is 5.02 Å². The monoisotopic (exact) mass is 379 g/mol. The van der Waals surface area contributed by atoms with Gasteiger partial charge in [-0.25, -0.2) is 8.42 Å². The zero-order valence-electron chi connectivity index (χ0n) is 14.5. The highest BCUT2D eigenvalue weighted by Crippen LogP contribution is 2.19. The summed E-state index contributed by atoms with van der Waals surface area (Å²) in [5.41, 5.74) is 3.24. The minimum Gasteiger partial charge on any atom is -0.350 e. The summed E-state index contributed by atoms with van der Waals surface area (Å²) in [7, 11) is -3.51. The van der Waals surface area contributed by atoms with Crippen LogP contribution in [0.3, 0.4) is 0 Å². The molecule has 25 heavy (non-hydrogen) atoms. The lowest BCUT2D eigenvalue weighted by Crippen LogP contribution is -2.28. The van der Waals surface area contributed by atoms with E-state index in [9.17, 15) is 13.2 Å². The molecule has 0 radical (unpaired) electrons. The van der Waals surface area contributed by atoms with Crippen molar-refractivity contribution in [2.45, 2.75) is 38.1 Å². The van der Waals surface area contributed by atoms with Crippen molar-refractivity contribution in [1.29, 1.82) is 0 Å². The van der Waals surface area contributed by atoms with E-state index >= 15 is 0 Å². The van der Waals surface area contributed by atoms with Crippen LogP contribution in [-0.2, 0) is 14.6 Å². The minimum absolute atomic E-state index is 0.0832. The molecular formula is C19H22ClNO3S. The van der Waals surface area contributed by atoms with Crippen molar-refractivity contribution >= 4 is 27.3 Å². The molecule has 1 unspecified atom stereocenters. The Hall–Kier alpha value is -1.85. The topological polar surface area (TPSA) is 63.2 Å². The van der Waals surface area contributed by atoms with Crippen LogP contribution >= 0.6 is 11.6 Å². The van der Waals surface area contributed by atoms with E-state index in [-0.39, 0.29) is 29.0 Å². The van der Waals surface area contributed by atoms with Gasteiger partial charge in [0.05, 0.1) is 16.7 Å². The third-order valence-corrected chi connectivity index (χ3v) is 6.03. The average Bonchev–Trinajstić information content (AvgIpc) is 2.55. The summed E-state index contributed by atoms with van der Waals surface area (Å²) in [5.74, 6) is -0.522. The minimum atomic E-state index is -3.51. The van der Waals surface area contributed by atoms with E-state index < -0.39 is 9.84 Å². The maximum absolute atomic E-state index is 12.3. The molecule has 134 valence electrons. The quantitative estimate of drug-likeness (QED) is 0.825. The fourth-order valence-electron chi connectivity index (χ4n) is 2.60. The first-order valence-electron chi connectivity index (χ1n) is 8.04. The third-order valence-electron chi connectivity index (χ3n) is 4.05. The van der Waals surface area contributed by atoms with Crippen LogP contribution in [-0.4, -0.2) is 20.1 Å². The van der Waals surface area contributed by atoms with Gasteiger partial charge in [-0.15, -0.1) is 0 Å². The molecule has 2 rings (SSSR count). The van der Waals surface area contributed by atoms with Crippen LogP contribution in [0.1, 0.15) is 36.1 Å². The molecule has 0 heterocycles. The van der Waals surface area contributed by atoms with Gasteiger partial charge in [0.15, 0.2) is 9.84 Å². The summed E-state index contributed by atoms with van der Waals surface area (Å²) >= 11 is 5.77. The highest BCUT2D eigenvalue weighted by molar-refractivity contribution is 7.91. The van der Waals surface area contributed by atoms with Crippen molar-refractivity contribution in [2.75, 3.05) is 5.75 Å². The van der Waals surface area contributed by atoms with Gasteiger partial charge in [0, 0.05) is 11.4 Å². The highest BCUT2D eigenvalue weighted by Gasteiger charge is 2.18. The fourth-order valence-corrected chi connectivity index (χ4v) is 3.97. The maximum Gasteiger partial charge on any atom is 0.221 e. The molecule has 1 atom stereocenters. The first-order chi connectivity index (χ1) is 11.7. The second-order valence-corrected chi connectivity index (χ2v) is 8.72. The molecule has 0 aliphatic rings. The van der Waals surface area contributed by atoms with Gasteiger partial charge in [0.25, 0.3) is 0 Å². The molecule has 2 aromatic rings. The van der Waals surface area contributed by atoms with Crippen LogP contribution < -0.4 is 5.32 Å². The van der Waals surface area contributed by atoms with Crippen molar-refractivity contribution in [3.63, 3.8) is 0 Å². The van der Waals surface area contributed by atoms with Crippen molar-refractivity contribution in [1.82, 2.24) is 5.32 Å². The zero-order chi connectivity index (χ0) is 18.6. The molecule has 0 spiro atoms. The Labute approximate surface area is 154 Å². The lowest BCUT2D eigenvalue weighted by molar-refractivity contribution is -0.121. The smallest absolute Gasteiger partial charge is 0.221 e. The number of benzene rings is 2. The van der Waals surface area contributed by atoms with Crippen LogP contribution in [0.5, 0.6) is 0 Å². The number of hydrogen-bond acceptors (Lipinski definition) is 3. The van der Waals surface area contributed by atoms with E-state index in [1.165, 1.54) is 24.3 Å². The van der Waals surface area contributed by atoms with E-state index in [0.717, 1.165) is 16.7 Å². The number of carbonyl (C=O) groups is 1. The van der Waals surface area contributed by atoms with Crippen LogP contribution in [0.15, 0.2) is 47.4 Å². The van der Waals surface area contributed by atoms with Gasteiger partial charge in [-0.05, 0) is 56.2 Å². The number of aryl methyl sites for hydroxylation is 2. The largest absolute Gasteiger partial charge is 0.350 e. The molecule has 0 bridgehead atoms. The van der Waals surface area contributed by atoms with Crippen LogP contribution in [0.4, 0.5) is 0 Å². The normalized spacial score (nSPS) is 12.6. The standard InChI is InChI=1S/C19H22ClNO3S/c1-13-4-5-14(2)18(12-13)15(3)21-19(22)10-11-25(23,24)17-8-6-16(20)7-9-17/h4-9,12,15H,10-11H2,1-3H3,(H,21,22). The predicted octanol–water partition coefficient (Wildman–Crippen LogP) is 4.00. The number of hydrogen-bond donors (Lipinski definition) is 1. The lowest BCUT2D eigenvalue weighted by atomic mass is 10.00. The Morgan fingerprint density at radius 3 is 2.40 bits per heavy atom. The average molecular weight is 380 g/mol.